The Morgan fingerprint density at radius 2 is 1.79 bits per heavy atom. The minimum Gasteiger partial charge on any atom is -0.454 e. The molecule has 0 amide bonds. The standard InChI is InChI=1S/C14H9BrN2O2/c15-9-3-1-8(2-4-9)14-16-10-5-12-13(19-7-18-12)6-11(10)17-14/h1-6H,7H2,(H,16,17). The van der Waals surface area contributed by atoms with E-state index >= 15 is 0 Å². The molecule has 0 bridgehead atoms. The lowest BCUT2D eigenvalue weighted by Gasteiger charge is -1.95. The van der Waals surface area contributed by atoms with Gasteiger partial charge in [0, 0.05) is 22.2 Å². The Labute approximate surface area is 117 Å². The average Bonchev–Trinajstić information content (AvgIpc) is 3.01. The molecule has 1 aliphatic rings. The molecule has 0 spiro atoms. The van der Waals surface area contributed by atoms with Crippen molar-refractivity contribution in [1.82, 2.24) is 9.97 Å². The van der Waals surface area contributed by atoms with Crippen molar-refractivity contribution in [3.63, 3.8) is 0 Å². The number of hydrogen-bond donors (Lipinski definition) is 1. The van der Waals surface area contributed by atoms with Crippen molar-refractivity contribution in [2.24, 2.45) is 0 Å². The Bertz CT molecular complexity index is 724. The summed E-state index contributed by atoms with van der Waals surface area (Å²) in [5.74, 6) is 2.35. The van der Waals surface area contributed by atoms with Crippen molar-refractivity contribution in [2.45, 2.75) is 0 Å². The van der Waals surface area contributed by atoms with Crippen molar-refractivity contribution >= 4 is 27.0 Å². The number of rotatable bonds is 1. The van der Waals surface area contributed by atoms with Gasteiger partial charge < -0.3 is 14.5 Å². The number of aromatic nitrogens is 2. The molecular weight excluding hydrogens is 308 g/mol. The molecule has 0 saturated heterocycles. The first kappa shape index (κ1) is 10.9. The molecule has 4 nitrogen and oxygen atoms in total. The third-order valence-corrected chi connectivity index (χ3v) is 3.62. The number of nitrogens with zero attached hydrogens (tertiary/aromatic N) is 1. The number of hydrogen-bond acceptors (Lipinski definition) is 3. The van der Waals surface area contributed by atoms with E-state index in [0.29, 0.717) is 0 Å². The Morgan fingerprint density at radius 3 is 2.58 bits per heavy atom. The number of benzene rings is 2. The molecular formula is C14H9BrN2O2. The van der Waals surface area contributed by atoms with Crippen LogP contribution in [0, 0.1) is 0 Å². The second-order valence-corrected chi connectivity index (χ2v) is 5.23. The fourth-order valence-corrected chi connectivity index (χ4v) is 2.41. The molecule has 94 valence electrons. The highest BCUT2D eigenvalue weighted by Crippen LogP contribution is 2.36. The van der Waals surface area contributed by atoms with Gasteiger partial charge in [-0.25, -0.2) is 4.98 Å². The van der Waals surface area contributed by atoms with E-state index in [2.05, 4.69) is 25.9 Å². The second-order valence-electron chi connectivity index (χ2n) is 4.31. The molecule has 2 aromatic carbocycles. The van der Waals surface area contributed by atoms with Gasteiger partial charge in [-0.2, -0.15) is 0 Å². The van der Waals surface area contributed by atoms with Gasteiger partial charge in [0.2, 0.25) is 6.79 Å². The molecule has 0 radical (unpaired) electrons. The predicted octanol–water partition coefficient (Wildman–Crippen LogP) is 3.72. The maximum atomic E-state index is 5.36. The van der Waals surface area contributed by atoms with Crippen LogP contribution in [0.2, 0.25) is 0 Å². The normalized spacial score (nSPS) is 13.1. The predicted molar refractivity (Wildman–Crippen MR) is 75.4 cm³/mol. The first-order chi connectivity index (χ1) is 9.29. The number of aromatic amines is 1. The molecule has 4 rings (SSSR count). The molecule has 19 heavy (non-hydrogen) atoms. The molecule has 3 aromatic rings. The van der Waals surface area contributed by atoms with E-state index < -0.39 is 0 Å². The van der Waals surface area contributed by atoms with Crippen LogP contribution in [0.4, 0.5) is 0 Å². The second kappa shape index (κ2) is 3.99. The van der Waals surface area contributed by atoms with Gasteiger partial charge in [-0.1, -0.05) is 28.1 Å². The van der Waals surface area contributed by atoms with Crippen LogP contribution in [-0.4, -0.2) is 16.8 Å². The summed E-state index contributed by atoms with van der Waals surface area (Å²) in [7, 11) is 0. The summed E-state index contributed by atoms with van der Waals surface area (Å²) in [6, 6.07) is 11.8. The molecule has 0 unspecified atom stereocenters. The van der Waals surface area contributed by atoms with Crippen molar-refractivity contribution in [3.8, 4) is 22.9 Å². The van der Waals surface area contributed by atoms with Crippen molar-refractivity contribution in [1.29, 1.82) is 0 Å². The van der Waals surface area contributed by atoms with Crippen LogP contribution in [0.15, 0.2) is 40.9 Å². The van der Waals surface area contributed by atoms with E-state index in [9.17, 15) is 0 Å². The Balaban J connectivity index is 1.86. The molecule has 2 heterocycles. The number of ether oxygens (including phenoxy) is 2. The van der Waals surface area contributed by atoms with Gasteiger partial charge in [0.05, 0.1) is 11.0 Å². The topological polar surface area (TPSA) is 47.1 Å². The lowest BCUT2D eigenvalue weighted by atomic mass is 10.2. The average molecular weight is 317 g/mol. The van der Waals surface area contributed by atoms with E-state index in [1.165, 1.54) is 0 Å². The minimum absolute atomic E-state index is 0.279. The SMILES string of the molecule is Brc1ccc(-c2nc3cc4c(cc3[nH]2)OCO4)cc1. The monoisotopic (exact) mass is 316 g/mol. The molecule has 5 heteroatoms. The Morgan fingerprint density at radius 1 is 1.05 bits per heavy atom. The molecule has 0 saturated carbocycles. The lowest BCUT2D eigenvalue weighted by Crippen LogP contribution is -1.92. The summed E-state index contributed by atoms with van der Waals surface area (Å²) in [4.78, 5) is 7.88. The molecule has 1 N–H and O–H groups in total. The van der Waals surface area contributed by atoms with Gasteiger partial charge in [-0.15, -0.1) is 0 Å². The first-order valence-corrected chi connectivity index (χ1v) is 6.64. The van der Waals surface area contributed by atoms with E-state index in [1.54, 1.807) is 0 Å². The number of fused-ring (bicyclic) bond motifs is 2. The quantitative estimate of drug-likeness (QED) is 0.744. The van der Waals surface area contributed by atoms with E-state index in [1.807, 2.05) is 36.4 Å². The van der Waals surface area contributed by atoms with Crippen LogP contribution < -0.4 is 9.47 Å². The zero-order valence-corrected chi connectivity index (χ0v) is 11.4. The molecule has 0 atom stereocenters. The van der Waals surface area contributed by atoms with Gasteiger partial charge in [-0.05, 0) is 12.1 Å². The van der Waals surface area contributed by atoms with Gasteiger partial charge >= 0.3 is 0 Å². The number of nitrogens with one attached hydrogen (secondary N) is 1. The van der Waals surface area contributed by atoms with Crippen LogP contribution in [-0.2, 0) is 0 Å². The fraction of sp³-hybridized carbons (Fsp3) is 0.0714. The van der Waals surface area contributed by atoms with Crippen LogP contribution in [0.3, 0.4) is 0 Å². The van der Waals surface area contributed by atoms with E-state index in [4.69, 9.17) is 9.47 Å². The van der Waals surface area contributed by atoms with Crippen molar-refractivity contribution < 1.29 is 9.47 Å². The smallest absolute Gasteiger partial charge is 0.231 e. The lowest BCUT2D eigenvalue weighted by molar-refractivity contribution is 0.174. The zero-order valence-electron chi connectivity index (χ0n) is 9.81. The van der Waals surface area contributed by atoms with Crippen LogP contribution >= 0.6 is 15.9 Å². The summed E-state index contributed by atoms with van der Waals surface area (Å²) in [5.41, 5.74) is 2.87. The highest BCUT2D eigenvalue weighted by Gasteiger charge is 2.16. The summed E-state index contributed by atoms with van der Waals surface area (Å²) < 4.78 is 11.8. The number of imidazole rings is 1. The van der Waals surface area contributed by atoms with Crippen LogP contribution in [0.25, 0.3) is 22.4 Å². The summed E-state index contributed by atoms with van der Waals surface area (Å²) in [6.45, 7) is 0.279. The van der Waals surface area contributed by atoms with Crippen LogP contribution in [0.1, 0.15) is 0 Å². The zero-order chi connectivity index (χ0) is 12.8. The van der Waals surface area contributed by atoms with Gasteiger partial charge in [0.25, 0.3) is 0 Å². The third kappa shape index (κ3) is 1.77. The molecule has 1 aliphatic heterocycles. The van der Waals surface area contributed by atoms with E-state index in [-0.39, 0.29) is 6.79 Å². The fourth-order valence-electron chi connectivity index (χ4n) is 2.14. The summed E-state index contributed by atoms with van der Waals surface area (Å²) in [5, 5.41) is 0. The maximum absolute atomic E-state index is 5.36. The first-order valence-electron chi connectivity index (χ1n) is 5.85. The molecule has 1 aromatic heterocycles. The highest BCUT2D eigenvalue weighted by atomic mass is 79.9. The van der Waals surface area contributed by atoms with Gasteiger partial charge in [-0.3, -0.25) is 0 Å². The van der Waals surface area contributed by atoms with Crippen molar-refractivity contribution in [3.05, 3.63) is 40.9 Å². The third-order valence-electron chi connectivity index (χ3n) is 3.09. The Kier molecular flexibility index (Phi) is 2.29. The summed E-state index contributed by atoms with van der Waals surface area (Å²) >= 11 is 3.42. The molecule has 0 fully saturated rings. The highest BCUT2D eigenvalue weighted by molar-refractivity contribution is 9.10. The van der Waals surface area contributed by atoms with E-state index in [0.717, 1.165) is 38.4 Å². The number of H-pyrrole nitrogens is 1. The van der Waals surface area contributed by atoms with Crippen molar-refractivity contribution in [2.75, 3.05) is 6.79 Å². The maximum Gasteiger partial charge on any atom is 0.231 e. The number of halogens is 1. The van der Waals surface area contributed by atoms with Crippen LogP contribution in [0.5, 0.6) is 11.5 Å². The largest absolute Gasteiger partial charge is 0.454 e. The summed E-state index contributed by atoms with van der Waals surface area (Å²) in [6.07, 6.45) is 0. The van der Waals surface area contributed by atoms with Gasteiger partial charge in [0.15, 0.2) is 11.5 Å². The Hall–Kier alpha value is -2.01. The van der Waals surface area contributed by atoms with Gasteiger partial charge in [0.1, 0.15) is 5.82 Å². The molecule has 0 aliphatic carbocycles. The minimum atomic E-state index is 0.279.